The van der Waals surface area contributed by atoms with Crippen molar-refractivity contribution in [3.05, 3.63) is 29.6 Å². The molecule has 1 aliphatic rings. The minimum absolute atomic E-state index is 0. The van der Waals surface area contributed by atoms with Crippen LogP contribution < -0.4 is 5.32 Å². The number of aromatic nitrogens is 1. The van der Waals surface area contributed by atoms with Crippen molar-refractivity contribution in [3.8, 4) is 0 Å². The van der Waals surface area contributed by atoms with Crippen LogP contribution in [-0.4, -0.2) is 41.5 Å². The third-order valence-corrected chi connectivity index (χ3v) is 5.02. The summed E-state index contributed by atoms with van der Waals surface area (Å²) in [4.78, 5) is 11.1. The number of pyridine rings is 1. The average molecular weight is 416 g/mol. The average Bonchev–Trinajstić information content (AvgIpc) is 2.44. The number of nitrogens with one attached hydrogen (secondary N) is 1. The van der Waals surface area contributed by atoms with Gasteiger partial charge in [-0.25, -0.2) is 0 Å². The fraction of sp³-hybridized carbons (Fsp3) is 0.647. The molecule has 1 aliphatic heterocycles. The summed E-state index contributed by atoms with van der Waals surface area (Å²) in [6.07, 6.45) is 2.92. The molecule has 4 nitrogen and oxygen atoms in total. The van der Waals surface area contributed by atoms with Crippen molar-refractivity contribution in [2.45, 2.75) is 46.6 Å². The highest BCUT2D eigenvalue weighted by atomic mass is 127. The van der Waals surface area contributed by atoms with Gasteiger partial charge in [0, 0.05) is 43.0 Å². The Bertz CT molecular complexity index is 520. The Labute approximate surface area is 151 Å². The minimum Gasteiger partial charge on any atom is -0.356 e. The molecule has 1 fully saturated rings. The smallest absolute Gasteiger partial charge is 0.194 e. The summed E-state index contributed by atoms with van der Waals surface area (Å²) in [7, 11) is 1.86. The zero-order valence-electron chi connectivity index (χ0n) is 14.6. The summed E-state index contributed by atoms with van der Waals surface area (Å²) in [5, 5.41) is 3.48. The predicted molar refractivity (Wildman–Crippen MR) is 104 cm³/mol. The molecule has 124 valence electrons. The summed E-state index contributed by atoms with van der Waals surface area (Å²) < 4.78 is 0. The van der Waals surface area contributed by atoms with Crippen LogP contribution in [-0.2, 0) is 6.42 Å². The Kier molecular flexibility index (Phi) is 6.24. The molecule has 1 N–H and O–H groups in total. The molecule has 1 aromatic rings. The number of rotatable bonds is 3. The summed E-state index contributed by atoms with van der Waals surface area (Å²) in [5.74, 6) is 0.999. The number of likely N-dealkylation sites (tertiary alicyclic amines) is 1. The molecular formula is C17H29IN4. The first-order chi connectivity index (χ1) is 9.78. The van der Waals surface area contributed by atoms with E-state index in [1.807, 2.05) is 20.2 Å². The van der Waals surface area contributed by atoms with E-state index >= 15 is 0 Å². The molecule has 0 aromatic carbocycles. The SMILES string of the molecule is CN=C(NCCc1ccc(C)nc1)N1CC(C)(C)C1(C)C.I. The van der Waals surface area contributed by atoms with Crippen LogP contribution in [0.5, 0.6) is 0 Å². The van der Waals surface area contributed by atoms with Gasteiger partial charge >= 0.3 is 0 Å². The second-order valence-electron chi connectivity index (χ2n) is 7.06. The van der Waals surface area contributed by atoms with Gasteiger partial charge in [-0.2, -0.15) is 0 Å². The van der Waals surface area contributed by atoms with Crippen LogP contribution in [0.15, 0.2) is 23.3 Å². The number of aliphatic imine (C=N–C) groups is 1. The van der Waals surface area contributed by atoms with Crippen LogP contribution >= 0.6 is 24.0 Å². The molecule has 0 atom stereocenters. The van der Waals surface area contributed by atoms with Crippen LogP contribution in [0, 0.1) is 12.3 Å². The van der Waals surface area contributed by atoms with Crippen molar-refractivity contribution in [2.75, 3.05) is 20.1 Å². The lowest BCUT2D eigenvalue weighted by molar-refractivity contribution is -0.0666. The maximum atomic E-state index is 4.43. The topological polar surface area (TPSA) is 40.5 Å². The van der Waals surface area contributed by atoms with E-state index in [1.54, 1.807) is 0 Å². The number of aryl methyl sites for hydroxylation is 1. The van der Waals surface area contributed by atoms with Gasteiger partial charge in [-0.1, -0.05) is 19.9 Å². The first-order valence-electron chi connectivity index (χ1n) is 7.68. The van der Waals surface area contributed by atoms with Crippen molar-refractivity contribution >= 4 is 29.9 Å². The Hall–Kier alpha value is -0.850. The van der Waals surface area contributed by atoms with E-state index < -0.39 is 0 Å². The zero-order valence-corrected chi connectivity index (χ0v) is 16.9. The lowest BCUT2D eigenvalue weighted by atomic mass is 9.65. The number of halogens is 1. The van der Waals surface area contributed by atoms with Crippen molar-refractivity contribution in [1.29, 1.82) is 0 Å². The van der Waals surface area contributed by atoms with Gasteiger partial charge < -0.3 is 10.2 Å². The molecule has 0 amide bonds. The third kappa shape index (κ3) is 3.73. The molecular weight excluding hydrogens is 387 g/mol. The van der Waals surface area contributed by atoms with Gasteiger partial charge in [0.25, 0.3) is 0 Å². The molecule has 1 aromatic heterocycles. The molecule has 2 rings (SSSR count). The monoisotopic (exact) mass is 416 g/mol. The molecule has 0 saturated carbocycles. The first kappa shape index (κ1) is 19.2. The summed E-state index contributed by atoms with van der Waals surface area (Å²) in [5.41, 5.74) is 2.78. The molecule has 2 heterocycles. The second kappa shape index (κ2) is 7.15. The molecule has 0 aliphatic carbocycles. The normalized spacial score (nSPS) is 19.2. The number of nitrogens with zero attached hydrogens (tertiary/aromatic N) is 3. The largest absolute Gasteiger partial charge is 0.356 e. The van der Waals surface area contributed by atoms with Gasteiger partial charge in [-0.3, -0.25) is 9.98 Å². The van der Waals surface area contributed by atoms with Crippen LogP contribution in [0.25, 0.3) is 0 Å². The Morgan fingerprint density at radius 1 is 1.32 bits per heavy atom. The molecule has 0 spiro atoms. The summed E-state index contributed by atoms with van der Waals surface area (Å²) >= 11 is 0. The molecule has 5 heteroatoms. The van der Waals surface area contributed by atoms with Gasteiger partial charge in [-0.05, 0) is 38.8 Å². The van der Waals surface area contributed by atoms with E-state index in [-0.39, 0.29) is 29.5 Å². The molecule has 0 bridgehead atoms. The maximum absolute atomic E-state index is 4.43. The van der Waals surface area contributed by atoms with Crippen LogP contribution in [0.3, 0.4) is 0 Å². The van der Waals surface area contributed by atoms with E-state index in [0.29, 0.717) is 5.41 Å². The standard InChI is InChI=1S/C17H28N4.HI/c1-13-7-8-14(11-20-13)9-10-19-15(18-6)21-12-16(2,3)17(21,4)5;/h7-8,11H,9-10,12H2,1-6H3,(H,18,19);1H. The highest BCUT2D eigenvalue weighted by Crippen LogP contribution is 2.46. The number of hydrogen-bond donors (Lipinski definition) is 1. The minimum atomic E-state index is 0. The van der Waals surface area contributed by atoms with Gasteiger partial charge in [-0.15, -0.1) is 24.0 Å². The fourth-order valence-corrected chi connectivity index (χ4v) is 2.66. The lowest BCUT2D eigenvalue weighted by Crippen LogP contribution is -2.72. The second-order valence-corrected chi connectivity index (χ2v) is 7.06. The highest BCUT2D eigenvalue weighted by molar-refractivity contribution is 14.0. The van der Waals surface area contributed by atoms with Crippen LogP contribution in [0.4, 0.5) is 0 Å². The quantitative estimate of drug-likeness (QED) is 0.467. The maximum Gasteiger partial charge on any atom is 0.194 e. The lowest BCUT2D eigenvalue weighted by Gasteiger charge is -2.62. The molecule has 1 saturated heterocycles. The molecule has 0 radical (unpaired) electrons. The van der Waals surface area contributed by atoms with Crippen molar-refractivity contribution < 1.29 is 0 Å². The Morgan fingerprint density at radius 2 is 2.00 bits per heavy atom. The van der Waals surface area contributed by atoms with E-state index in [2.05, 4.69) is 60.0 Å². The Morgan fingerprint density at radius 3 is 2.45 bits per heavy atom. The highest BCUT2D eigenvalue weighted by Gasteiger charge is 2.53. The van der Waals surface area contributed by atoms with Crippen molar-refractivity contribution in [2.24, 2.45) is 10.4 Å². The van der Waals surface area contributed by atoms with Gasteiger partial charge in [0.2, 0.25) is 0 Å². The number of hydrogen-bond acceptors (Lipinski definition) is 2. The predicted octanol–water partition coefficient (Wildman–Crippen LogP) is 3.25. The first-order valence-corrected chi connectivity index (χ1v) is 7.68. The Balaban J connectivity index is 0.00000242. The summed E-state index contributed by atoms with van der Waals surface area (Å²) in [6.45, 7) is 13.1. The van der Waals surface area contributed by atoms with Gasteiger partial charge in [0.05, 0.1) is 0 Å². The van der Waals surface area contributed by atoms with E-state index in [0.717, 1.165) is 31.2 Å². The molecule has 22 heavy (non-hydrogen) atoms. The van der Waals surface area contributed by atoms with Gasteiger partial charge in [0.15, 0.2) is 5.96 Å². The zero-order chi connectivity index (χ0) is 15.7. The fourth-order valence-electron chi connectivity index (χ4n) is 2.66. The number of guanidine groups is 1. The van der Waals surface area contributed by atoms with Crippen molar-refractivity contribution in [3.63, 3.8) is 0 Å². The van der Waals surface area contributed by atoms with E-state index in [4.69, 9.17) is 0 Å². The van der Waals surface area contributed by atoms with E-state index in [9.17, 15) is 0 Å². The van der Waals surface area contributed by atoms with E-state index in [1.165, 1.54) is 5.56 Å². The van der Waals surface area contributed by atoms with Crippen LogP contribution in [0.2, 0.25) is 0 Å². The van der Waals surface area contributed by atoms with Crippen molar-refractivity contribution in [1.82, 2.24) is 15.2 Å². The van der Waals surface area contributed by atoms with Crippen LogP contribution in [0.1, 0.15) is 39.0 Å². The molecule has 0 unspecified atom stereocenters. The third-order valence-electron chi connectivity index (χ3n) is 5.02. The summed E-state index contributed by atoms with van der Waals surface area (Å²) in [6, 6.07) is 4.20. The van der Waals surface area contributed by atoms with Gasteiger partial charge in [0.1, 0.15) is 0 Å².